The molecule has 3 aromatic heterocycles. The Balaban J connectivity index is 1.66. The van der Waals surface area contributed by atoms with Crippen molar-refractivity contribution in [3.05, 3.63) is 78.5 Å². The van der Waals surface area contributed by atoms with Crippen LogP contribution in [0.5, 0.6) is 0 Å². The Bertz CT molecular complexity index is 1130. The highest BCUT2D eigenvalue weighted by Crippen LogP contribution is 2.23. The molecule has 7 heteroatoms. The van der Waals surface area contributed by atoms with Crippen LogP contribution in [0.2, 0.25) is 0 Å². The number of hydrogen-bond donors (Lipinski definition) is 1. The van der Waals surface area contributed by atoms with Gasteiger partial charge in [0.1, 0.15) is 11.6 Å². The van der Waals surface area contributed by atoms with Gasteiger partial charge in [0, 0.05) is 31.6 Å². The topological polar surface area (TPSA) is 60.6 Å². The number of carbonyl (C=O) groups is 1. The lowest BCUT2D eigenvalue weighted by Crippen LogP contribution is -2.27. The molecule has 0 radical (unpaired) electrons. The van der Waals surface area contributed by atoms with Gasteiger partial charge in [-0.1, -0.05) is 18.2 Å². The van der Waals surface area contributed by atoms with Crippen LogP contribution in [0.3, 0.4) is 0 Å². The lowest BCUT2D eigenvalue weighted by molar-refractivity contribution is 0.0931. The van der Waals surface area contributed by atoms with Gasteiger partial charge in [-0.15, -0.1) is 0 Å². The SMILES string of the molecule is COCCNC(=O)c1ccn(-c2ccc3ccc(-c4cccc(F)c4)cn23)n1. The lowest BCUT2D eigenvalue weighted by Gasteiger charge is -2.07. The first kappa shape index (κ1) is 17.9. The molecule has 0 bridgehead atoms. The molecule has 1 N–H and O–H groups in total. The van der Waals surface area contributed by atoms with Crippen LogP contribution in [0.1, 0.15) is 10.5 Å². The summed E-state index contributed by atoms with van der Waals surface area (Å²) in [5.74, 6) is 0.253. The summed E-state index contributed by atoms with van der Waals surface area (Å²) in [5.41, 5.74) is 2.97. The maximum Gasteiger partial charge on any atom is 0.271 e. The molecular weight excluding hydrogens is 359 g/mol. The number of aromatic nitrogens is 3. The summed E-state index contributed by atoms with van der Waals surface area (Å²) in [4.78, 5) is 12.2. The van der Waals surface area contributed by atoms with Gasteiger partial charge < -0.3 is 14.5 Å². The number of rotatable bonds is 6. The van der Waals surface area contributed by atoms with Gasteiger partial charge in [0.25, 0.3) is 5.91 Å². The summed E-state index contributed by atoms with van der Waals surface area (Å²) < 4.78 is 22.1. The zero-order valence-electron chi connectivity index (χ0n) is 15.3. The van der Waals surface area contributed by atoms with Crippen LogP contribution in [-0.2, 0) is 4.74 Å². The highest BCUT2D eigenvalue weighted by atomic mass is 19.1. The Morgan fingerprint density at radius 2 is 2.00 bits per heavy atom. The quantitative estimate of drug-likeness (QED) is 0.524. The first-order chi connectivity index (χ1) is 13.7. The van der Waals surface area contributed by atoms with Crippen molar-refractivity contribution < 1.29 is 13.9 Å². The Kier molecular flexibility index (Phi) is 4.90. The minimum atomic E-state index is -0.276. The van der Waals surface area contributed by atoms with Gasteiger partial charge in [-0.05, 0) is 47.5 Å². The summed E-state index contributed by atoms with van der Waals surface area (Å²) in [7, 11) is 1.58. The molecule has 1 aromatic carbocycles. The third kappa shape index (κ3) is 3.52. The Labute approximate surface area is 161 Å². The monoisotopic (exact) mass is 378 g/mol. The van der Waals surface area contributed by atoms with Crippen LogP contribution in [0.15, 0.2) is 67.0 Å². The van der Waals surface area contributed by atoms with Crippen LogP contribution in [-0.4, -0.2) is 40.3 Å². The molecule has 28 heavy (non-hydrogen) atoms. The molecular formula is C21H19FN4O2. The van der Waals surface area contributed by atoms with Crippen molar-refractivity contribution in [1.82, 2.24) is 19.5 Å². The summed E-state index contributed by atoms with van der Waals surface area (Å²) in [6.07, 6.45) is 3.67. The lowest BCUT2D eigenvalue weighted by atomic mass is 10.1. The van der Waals surface area contributed by atoms with Gasteiger partial charge in [-0.2, -0.15) is 5.10 Å². The van der Waals surface area contributed by atoms with Crippen molar-refractivity contribution in [1.29, 1.82) is 0 Å². The van der Waals surface area contributed by atoms with E-state index in [0.29, 0.717) is 18.8 Å². The normalized spacial score (nSPS) is 11.1. The van der Waals surface area contributed by atoms with E-state index in [-0.39, 0.29) is 11.7 Å². The van der Waals surface area contributed by atoms with Crippen LogP contribution >= 0.6 is 0 Å². The number of fused-ring (bicyclic) bond motifs is 1. The van der Waals surface area contributed by atoms with Crippen molar-refractivity contribution in [2.24, 2.45) is 0 Å². The van der Waals surface area contributed by atoms with E-state index in [1.807, 2.05) is 40.9 Å². The summed E-state index contributed by atoms with van der Waals surface area (Å²) in [6, 6.07) is 15.9. The number of halogens is 1. The largest absolute Gasteiger partial charge is 0.383 e. The molecule has 0 fully saturated rings. The molecule has 6 nitrogen and oxygen atoms in total. The number of carbonyl (C=O) groups excluding carboxylic acids is 1. The van der Waals surface area contributed by atoms with Crippen molar-refractivity contribution in [3.8, 4) is 16.9 Å². The number of benzene rings is 1. The van der Waals surface area contributed by atoms with Crippen molar-refractivity contribution >= 4 is 11.4 Å². The van der Waals surface area contributed by atoms with Gasteiger partial charge >= 0.3 is 0 Å². The molecule has 3 heterocycles. The number of amides is 1. The third-order valence-electron chi connectivity index (χ3n) is 4.44. The number of nitrogens with zero attached hydrogens (tertiary/aromatic N) is 3. The minimum absolute atomic E-state index is 0.253. The summed E-state index contributed by atoms with van der Waals surface area (Å²) in [6.45, 7) is 0.867. The van der Waals surface area contributed by atoms with E-state index in [0.717, 1.165) is 22.5 Å². The molecule has 0 unspecified atom stereocenters. The fraction of sp³-hybridized carbons (Fsp3) is 0.143. The highest BCUT2D eigenvalue weighted by molar-refractivity contribution is 5.92. The van der Waals surface area contributed by atoms with Crippen LogP contribution in [0.25, 0.3) is 22.5 Å². The second-order valence-electron chi connectivity index (χ2n) is 6.31. The van der Waals surface area contributed by atoms with Crippen molar-refractivity contribution in [3.63, 3.8) is 0 Å². The fourth-order valence-electron chi connectivity index (χ4n) is 3.04. The average Bonchev–Trinajstić information content (AvgIpc) is 3.34. The number of ether oxygens (including phenoxy) is 1. The molecule has 4 aromatic rings. The second-order valence-corrected chi connectivity index (χ2v) is 6.31. The average molecular weight is 378 g/mol. The first-order valence-electron chi connectivity index (χ1n) is 8.86. The third-order valence-corrected chi connectivity index (χ3v) is 4.44. The van der Waals surface area contributed by atoms with E-state index in [4.69, 9.17) is 4.74 Å². The molecule has 0 atom stereocenters. The fourth-order valence-corrected chi connectivity index (χ4v) is 3.04. The molecule has 142 valence electrons. The summed E-state index contributed by atoms with van der Waals surface area (Å²) in [5, 5.41) is 7.13. The predicted molar refractivity (Wildman–Crippen MR) is 104 cm³/mol. The van der Waals surface area contributed by atoms with Crippen molar-refractivity contribution in [2.75, 3.05) is 20.3 Å². The molecule has 0 saturated heterocycles. The smallest absolute Gasteiger partial charge is 0.271 e. The number of methoxy groups -OCH3 is 1. The van der Waals surface area contributed by atoms with Gasteiger partial charge in [-0.3, -0.25) is 4.79 Å². The Morgan fingerprint density at radius 1 is 1.14 bits per heavy atom. The van der Waals surface area contributed by atoms with E-state index in [2.05, 4.69) is 10.4 Å². The van der Waals surface area contributed by atoms with E-state index < -0.39 is 0 Å². The Morgan fingerprint density at radius 3 is 2.82 bits per heavy atom. The van der Waals surface area contributed by atoms with Crippen LogP contribution < -0.4 is 5.32 Å². The van der Waals surface area contributed by atoms with E-state index in [1.54, 1.807) is 30.1 Å². The van der Waals surface area contributed by atoms with Gasteiger partial charge in [0.15, 0.2) is 5.69 Å². The van der Waals surface area contributed by atoms with Gasteiger partial charge in [0.05, 0.1) is 6.61 Å². The number of nitrogens with one attached hydrogen (secondary N) is 1. The number of hydrogen-bond acceptors (Lipinski definition) is 3. The molecule has 0 aliphatic rings. The maximum absolute atomic E-state index is 13.6. The van der Waals surface area contributed by atoms with E-state index in [1.165, 1.54) is 12.1 Å². The highest BCUT2D eigenvalue weighted by Gasteiger charge is 2.12. The zero-order valence-corrected chi connectivity index (χ0v) is 15.3. The predicted octanol–water partition coefficient (Wildman–Crippen LogP) is 3.31. The molecule has 0 aliphatic heterocycles. The molecule has 4 rings (SSSR count). The number of pyridine rings is 1. The molecule has 1 amide bonds. The van der Waals surface area contributed by atoms with E-state index >= 15 is 0 Å². The van der Waals surface area contributed by atoms with Gasteiger partial charge in [-0.25, -0.2) is 9.07 Å². The Hall–Kier alpha value is -3.45. The van der Waals surface area contributed by atoms with Gasteiger partial charge in [0.2, 0.25) is 0 Å². The van der Waals surface area contributed by atoms with E-state index in [9.17, 15) is 9.18 Å². The van der Waals surface area contributed by atoms with Crippen LogP contribution in [0.4, 0.5) is 4.39 Å². The molecule has 0 spiro atoms. The summed E-state index contributed by atoms with van der Waals surface area (Å²) >= 11 is 0. The zero-order chi connectivity index (χ0) is 19.5. The maximum atomic E-state index is 13.6. The minimum Gasteiger partial charge on any atom is -0.383 e. The molecule has 0 saturated carbocycles. The first-order valence-corrected chi connectivity index (χ1v) is 8.86. The van der Waals surface area contributed by atoms with Crippen molar-refractivity contribution in [2.45, 2.75) is 0 Å². The molecule has 0 aliphatic carbocycles. The standard InChI is InChI=1S/C21H19FN4O2/c1-28-12-10-23-21(27)19-9-11-26(24-19)20-8-7-18-6-5-16(14-25(18)20)15-3-2-4-17(22)13-15/h2-9,11,13-14H,10,12H2,1H3,(H,23,27). The second kappa shape index (κ2) is 7.66. The van der Waals surface area contributed by atoms with Crippen LogP contribution in [0, 0.1) is 5.82 Å².